The van der Waals surface area contributed by atoms with E-state index in [1.807, 2.05) is 17.8 Å². The smallest absolute Gasteiger partial charge is 0.149 e. The zero-order chi connectivity index (χ0) is 14.0. The van der Waals surface area contributed by atoms with Crippen molar-refractivity contribution in [2.24, 2.45) is 5.84 Å². The van der Waals surface area contributed by atoms with Crippen molar-refractivity contribution >= 4 is 17.6 Å². The molecule has 1 unspecified atom stereocenters. The number of nitrogens with one attached hydrogen (secondary N) is 1. The van der Waals surface area contributed by atoms with Gasteiger partial charge in [-0.3, -0.25) is 4.90 Å². The van der Waals surface area contributed by atoms with E-state index in [1.165, 1.54) is 5.75 Å². The zero-order valence-electron chi connectivity index (χ0n) is 12.1. The summed E-state index contributed by atoms with van der Waals surface area (Å²) < 4.78 is 0. The van der Waals surface area contributed by atoms with E-state index in [9.17, 15) is 0 Å². The lowest BCUT2D eigenvalue weighted by Gasteiger charge is -2.31. The highest BCUT2D eigenvalue weighted by Gasteiger charge is 2.26. The van der Waals surface area contributed by atoms with Crippen LogP contribution in [0.3, 0.4) is 0 Å². The number of nitrogen functional groups attached to an aromatic ring is 1. The molecule has 0 aliphatic carbocycles. The van der Waals surface area contributed by atoms with Crippen LogP contribution in [0, 0.1) is 0 Å². The van der Waals surface area contributed by atoms with Crippen molar-refractivity contribution in [3.05, 3.63) is 17.6 Å². The molecule has 1 aliphatic heterocycles. The molecule has 6 heteroatoms. The first-order valence-corrected chi connectivity index (χ1v) is 7.71. The monoisotopic (exact) mass is 281 g/mol. The predicted octanol–water partition coefficient (Wildman–Crippen LogP) is 1.78. The van der Waals surface area contributed by atoms with E-state index >= 15 is 0 Å². The topological polar surface area (TPSA) is 67.1 Å². The lowest BCUT2D eigenvalue weighted by molar-refractivity contribution is 0.263. The average molecular weight is 281 g/mol. The Hall–Kier alpha value is -0.850. The Morgan fingerprint density at radius 2 is 2.16 bits per heavy atom. The minimum Gasteiger partial charge on any atom is -0.308 e. The normalized spacial score (nSPS) is 21.4. The molecule has 1 atom stereocenters. The molecule has 1 saturated heterocycles. The molecule has 0 radical (unpaired) electrons. The number of aromatic nitrogens is 2. The zero-order valence-corrected chi connectivity index (χ0v) is 12.9. The number of nitrogens with two attached hydrogens (primary N) is 1. The van der Waals surface area contributed by atoms with Gasteiger partial charge in [0.15, 0.2) is 0 Å². The van der Waals surface area contributed by atoms with Crippen LogP contribution >= 0.6 is 11.8 Å². The van der Waals surface area contributed by atoms with Crippen molar-refractivity contribution < 1.29 is 0 Å². The van der Waals surface area contributed by atoms with Gasteiger partial charge in [-0.25, -0.2) is 15.8 Å². The largest absolute Gasteiger partial charge is 0.308 e. The molecule has 1 aromatic heterocycles. The maximum atomic E-state index is 5.54. The van der Waals surface area contributed by atoms with E-state index < -0.39 is 0 Å². The first kappa shape index (κ1) is 14.6. The maximum Gasteiger partial charge on any atom is 0.149 e. The standard InChI is InChI=1S/C13H23N5S/c1-13(2,3)10-7-11(17-14)16-12(15-10)9-8-19-6-5-18(9)4/h7,9H,5-6,8,14H2,1-4H3,(H,15,16,17). The molecule has 0 bridgehead atoms. The van der Waals surface area contributed by atoms with Gasteiger partial charge in [-0.15, -0.1) is 0 Å². The number of nitrogens with zero attached hydrogens (tertiary/aromatic N) is 3. The SMILES string of the molecule is CN1CCSCC1c1nc(NN)cc(C(C)(C)C)n1. The summed E-state index contributed by atoms with van der Waals surface area (Å²) in [7, 11) is 2.13. The molecule has 1 aromatic rings. The Balaban J connectivity index is 2.39. The van der Waals surface area contributed by atoms with Crippen LogP contribution in [0.4, 0.5) is 5.82 Å². The van der Waals surface area contributed by atoms with Crippen LogP contribution in [0.15, 0.2) is 6.07 Å². The number of thioether (sulfide) groups is 1. The number of rotatable bonds is 2. The van der Waals surface area contributed by atoms with Crippen molar-refractivity contribution in [1.29, 1.82) is 0 Å². The van der Waals surface area contributed by atoms with E-state index in [0.29, 0.717) is 5.82 Å². The molecular formula is C13H23N5S. The first-order valence-electron chi connectivity index (χ1n) is 6.56. The van der Waals surface area contributed by atoms with Crippen LogP contribution in [0.2, 0.25) is 0 Å². The second-order valence-corrected chi connectivity index (χ2v) is 7.11. The molecule has 1 aliphatic rings. The predicted molar refractivity (Wildman–Crippen MR) is 81.2 cm³/mol. The van der Waals surface area contributed by atoms with Crippen molar-refractivity contribution in [3.8, 4) is 0 Å². The highest BCUT2D eigenvalue weighted by Crippen LogP contribution is 2.29. The fourth-order valence-electron chi connectivity index (χ4n) is 2.03. The third kappa shape index (κ3) is 3.38. The third-order valence-electron chi connectivity index (χ3n) is 3.35. The Labute approximate surface area is 119 Å². The molecule has 19 heavy (non-hydrogen) atoms. The summed E-state index contributed by atoms with van der Waals surface area (Å²) in [5, 5.41) is 0. The lowest BCUT2D eigenvalue weighted by Crippen LogP contribution is -2.34. The highest BCUT2D eigenvalue weighted by molar-refractivity contribution is 7.99. The molecule has 0 spiro atoms. The Morgan fingerprint density at radius 3 is 2.74 bits per heavy atom. The van der Waals surface area contributed by atoms with Crippen molar-refractivity contribution in [1.82, 2.24) is 14.9 Å². The summed E-state index contributed by atoms with van der Waals surface area (Å²) in [6.45, 7) is 7.53. The summed E-state index contributed by atoms with van der Waals surface area (Å²) in [6, 6.07) is 2.20. The Bertz CT molecular complexity index is 443. The molecular weight excluding hydrogens is 258 g/mol. The van der Waals surface area contributed by atoms with E-state index in [1.54, 1.807) is 0 Å². The molecule has 2 heterocycles. The molecule has 1 fully saturated rings. The van der Waals surface area contributed by atoms with Crippen LogP contribution in [0.5, 0.6) is 0 Å². The second kappa shape index (κ2) is 5.64. The summed E-state index contributed by atoms with van der Waals surface area (Å²) in [5.74, 6) is 9.31. The van der Waals surface area contributed by atoms with Crippen LogP contribution in [-0.4, -0.2) is 40.0 Å². The van der Waals surface area contributed by atoms with Crippen molar-refractivity contribution in [2.45, 2.75) is 32.2 Å². The lowest BCUT2D eigenvalue weighted by atomic mass is 9.92. The number of hydrogen-bond donors (Lipinski definition) is 2. The van der Waals surface area contributed by atoms with E-state index in [4.69, 9.17) is 10.8 Å². The molecule has 5 nitrogen and oxygen atoms in total. The molecule has 2 rings (SSSR count). The number of hydrazine groups is 1. The molecule has 3 N–H and O–H groups in total. The minimum absolute atomic E-state index is 0.0102. The first-order chi connectivity index (χ1) is 8.91. The van der Waals surface area contributed by atoms with Gasteiger partial charge in [-0.05, 0) is 7.05 Å². The van der Waals surface area contributed by atoms with Gasteiger partial charge in [0, 0.05) is 29.5 Å². The number of hydrogen-bond acceptors (Lipinski definition) is 6. The summed E-state index contributed by atoms with van der Waals surface area (Å²) in [4.78, 5) is 11.6. The summed E-state index contributed by atoms with van der Waals surface area (Å²) >= 11 is 1.96. The van der Waals surface area contributed by atoms with Gasteiger partial charge in [0.25, 0.3) is 0 Å². The maximum absolute atomic E-state index is 5.54. The summed E-state index contributed by atoms with van der Waals surface area (Å²) in [5.41, 5.74) is 3.67. The van der Waals surface area contributed by atoms with Crippen LogP contribution in [0.1, 0.15) is 38.3 Å². The summed E-state index contributed by atoms with van der Waals surface area (Å²) in [6.07, 6.45) is 0. The quantitative estimate of drug-likeness (QED) is 0.636. The van der Waals surface area contributed by atoms with Gasteiger partial charge in [0.05, 0.1) is 11.7 Å². The van der Waals surface area contributed by atoms with E-state index in [0.717, 1.165) is 23.8 Å². The van der Waals surface area contributed by atoms with Crippen LogP contribution in [0.25, 0.3) is 0 Å². The Morgan fingerprint density at radius 1 is 1.42 bits per heavy atom. The van der Waals surface area contributed by atoms with E-state index in [-0.39, 0.29) is 11.5 Å². The molecule has 0 aromatic carbocycles. The molecule has 106 valence electrons. The fraction of sp³-hybridized carbons (Fsp3) is 0.692. The fourth-order valence-corrected chi connectivity index (χ4v) is 3.24. The second-order valence-electron chi connectivity index (χ2n) is 5.96. The van der Waals surface area contributed by atoms with Crippen molar-refractivity contribution in [3.63, 3.8) is 0 Å². The highest BCUT2D eigenvalue weighted by atomic mass is 32.2. The van der Waals surface area contributed by atoms with Gasteiger partial charge in [0.2, 0.25) is 0 Å². The number of anilines is 1. The van der Waals surface area contributed by atoms with Gasteiger partial charge >= 0.3 is 0 Å². The Kier molecular flexibility index (Phi) is 4.32. The molecule has 0 saturated carbocycles. The van der Waals surface area contributed by atoms with Gasteiger partial charge in [0.1, 0.15) is 11.6 Å². The van der Waals surface area contributed by atoms with Gasteiger partial charge < -0.3 is 5.43 Å². The third-order valence-corrected chi connectivity index (χ3v) is 4.38. The van der Waals surface area contributed by atoms with Crippen molar-refractivity contribution in [2.75, 3.05) is 30.5 Å². The van der Waals surface area contributed by atoms with E-state index in [2.05, 4.69) is 43.1 Å². The average Bonchev–Trinajstić information content (AvgIpc) is 2.37. The molecule has 0 amide bonds. The van der Waals surface area contributed by atoms with Gasteiger partial charge in [-0.2, -0.15) is 11.8 Å². The van der Waals surface area contributed by atoms with Crippen LogP contribution in [-0.2, 0) is 5.41 Å². The van der Waals surface area contributed by atoms with Gasteiger partial charge in [-0.1, -0.05) is 20.8 Å². The van der Waals surface area contributed by atoms with Crippen LogP contribution < -0.4 is 11.3 Å². The minimum atomic E-state index is -0.0102.